The Hall–Kier alpha value is -2.39. The van der Waals surface area contributed by atoms with Gasteiger partial charge in [0.15, 0.2) is 0 Å². The Morgan fingerprint density at radius 2 is 1.78 bits per heavy atom. The minimum Gasteiger partial charge on any atom is -0.465 e. The number of hydrogen-bond donors (Lipinski definition) is 2. The van der Waals surface area contributed by atoms with Gasteiger partial charge in [0.25, 0.3) is 10.0 Å². The Bertz CT molecular complexity index is 825. The average Bonchev–Trinajstić information content (AvgIpc) is 2.94. The molecule has 0 radical (unpaired) electrons. The summed E-state index contributed by atoms with van der Waals surface area (Å²) in [6.45, 7) is 1.82. The minimum absolute atomic E-state index is 0.0308. The fourth-order valence-electron chi connectivity index (χ4n) is 1.70. The van der Waals surface area contributed by atoms with Crippen LogP contribution in [-0.2, 0) is 14.8 Å². The number of sulfonamides is 1. The molecule has 7 nitrogen and oxygen atoms in total. The fraction of sp³-hybridized carbons (Fsp3) is 0.143. The van der Waals surface area contributed by atoms with Gasteiger partial charge in [-0.05, 0) is 30.5 Å². The molecular weight excluding hydrogens is 340 g/mol. The van der Waals surface area contributed by atoms with Gasteiger partial charge in [0.2, 0.25) is 0 Å². The largest absolute Gasteiger partial charge is 0.465 e. The summed E-state index contributed by atoms with van der Waals surface area (Å²) in [5, 5.41) is 3.90. The molecule has 0 bridgehead atoms. The van der Waals surface area contributed by atoms with Crippen molar-refractivity contribution in [1.29, 1.82) is 0 Å². The summed E-state index contributed by atoms with van der Waals surface area (Å²) in [6, 6.07) is 6.57. The standard InChI is InChI=1S/C14H14N2O5S2/c1-9-3-5-10(6-4-9)23(19,20)16-14(18)15-11-7-8-22-12(11)13(17)21-2/h3-8H,1-2H3,(H2,15,16,18). The molecule has 0 saturated carbocycles. The Labute approximate surface area is 137 Å². The fourth-order valence-corrected chi connectivity index (χ4v) is 3.38. The van der Waals surface area contributed by atoms with Crippen molar-refractivity contribution in [3.8, 4) is 0 Å². The third-order valence-corrected chi connectivity index (χ3v) is 5.08. The Kier molecular flexibility index (Phi) is 5.02. The van der Waals surface area contributed by atoms with Crippen LogP contribution in [0, 0.1) is 6.92 Å². The summed E-state index contributed by atoms with van der Waals surface area (Å²) in [4.78, 5) is 23.5. The van der Waals surface area contributed by atoms with Crippen molar-refractivity contribution >= 4 is 39.0 Å². The topological polar surface area (TPSA) is 102 Å². The van der Waals surface area contributed by atoms with Crippen LogP contribution in [0.4, 0.5) is 10.5 Å². The molecule has 0 unspecified atom stereocenters. The van der Waals surface area contributed by atoms with E-state index in [9.17, 15) is 18.0 Å². The van der Waals surface area contributed by atoms with E-state index in [0.717, 1.165) is 16.9 Å². The molecule has 0 aliphatic heterocycles. The van der Waals surface area contributed by atoms with Crippen molar-refractivity contribution in [2.45, 2.75) is 11.8 Å². The second-order valence-corrected chi connectivity index (χ2v) is 7.13. The van der Waals surface area contributed by atoms with Gasteiger partial charge in [0, 0.05) is 0 Å². The number of carbonyl (C=O) groups excluding carboxylic acids is 2. The molecule has 1 aromatic carbocycles. The van der Waals surface area contributed by atoms with Crippen LogP contribution in [0.2, 0.25) is 0 Å². The van der Waals surface area contributed by atoms with Crippen LogP contribution < -0.4 is 10.0 Å². The molecule has 1 aromatic heterocycles. The van der Waals surface area contributed by atoms with E-state index in [1.54, 1.807) is 17.5 Å². The second-order valence-electron chi connectivity index (χ2n) is 4.53. The summed E-state index contributed by atoms with van der Waals surface area (Å²) < 4.78 is 30.7. The number of nitrogens with one attached hydrogen (secondary N) is 2. The Balaban J connectivity index is 2.12. The van der Waals surface area contributed by atoms with Crippen LogP contribution in [0.1, 0.15) is 15.2 Å². The molecule has 122 valence electrons. The maximum absolute atomic E-state index is 12.1. The molecule has 9 heteroatoms. The Morgan fingerprint density at radius 1 is 1.13 bits per heavy atom. The number of amides is 2. The summed E-state index contributed by atoms with van der Waals surface area (Å²) in [6.07, 6.45) is 0. The smallest absolute Gasteiger partial charge is 0.350 e. The third kappa shape index (κ3) is 4.08. The number of rotatable bonds is 4. The summed E-state index contributed by atoms with van der Waals surface area (Å²) in [5.74, 6) is -0.614. The molecule has 2 amide bonds. The number of thiophene rings is 1. The number of hydrogen-bond acceptors (Lipinski definition) is 6. The zero-order valence-electron chi connectivity index (χ0n) is 12.3. The predicted octanol–water partition coefficient (Wildman–Crippen LogP) is 2.35. The first-order chi connectivity index (χ1) is 10.8. The van der Waals surface area contributed by atoms with Gasteiger partial charge in [-0.3, -0.25) is 0 Å². The number of urea groups is 1. The number of benzene rings is 1. The van der Waals surface area contributed by atoms with Crippen LogP contribution in [0.25, 0.3) is 0 Å². The lowest BCUT2D eigenvalue weighted by atomic mass is 10.2. The first kappa shape index (κ1) is 17.0. The van der Waals surface area contributed by atoms with E-state index in [1.807, 2.05) is 11.6 Å². The highest BCUT2D eigenvalue weighted by Gasteiger charge is 2.20. The molecule has 0 spiro atoms. The highest BCUT2D eigenvalue weighted by molar-refractivity contribution is 7.90. The number of methoxy groups -OCH3 is 1. The maximum Gasteiger partial charge on any atom is 0.350 e. The van der Waals surface area contributed by atoms with E-state index in [2.05, 4.69) is 10.1 Å². The zero-order chi connectivity index (χ0) is 17.0. The van der Waals surface area contributed by atoms with Gasteiger partial charge in [-0.25, -0.2) is 22.7 Å². The monoisotopic (exact) mass is 354 g/mol. The average molecular weight is 354 g/mol. The quantitative estimate of drug-likeness (QED) is 0.821. The number of carbonyl (C=O) groups is 2. The second kappa shape index (κ2) is 6.80. The summed E-state index contributed by atoms with van der Waals surface area (Å²) in [7, 11) is -2.78. The molecule has 0 fully saturated rings. The van der Waals surface area contributed by atoms with Gasteiger partial charge in [-0.2, -0.15) is 0 Å². The highest BCUT2D eigenvalue weighted by Crippen LogP contribution is 2.23. The van der Waals surface area contributed by atoms with E-state index in [0.29, 0.717) is 0 Å². The molecule has 0 atom stereocenters. The van der Waals surface area contributed by atoms with Crippen LogP contribution in [0.5, 0.6) is 0 Å². The molecule has 23 heavy (non-hydrogen) atoms. The van der Waals surface area contributed by atoms with Gasteiger partial charge in [0.1, 0.15) is 4.88 Å². The van der Waals surface area contributed by atoms with Gasteiger partial charge >= 0.3 is 12.0 Å². The number of esters is 1. The predicted molar refractivity (Wildman–Crippen MR) is 86.2 cm³/mol. The van der Waals surface area contributed by atoms with Crippen LogP contribution in [0.3, 0.4) is 0 Å². The molecular formula is C14H14N2O5S2. The van der Waals surface area contributed by atoms with Crippen molar-refractivity contribution in [2.75, 3.05) is 12.4 Å². The summed E-state index contributed by atoms with van der Waals surface area (Å²) in [5.41, 5.74) is 1.08. The van der Waals surface area contributed by atoms with E-state index in [4.69, 9.17) is 0 Å². The first-order valence-corrected chi connectivity index (χ1v) is 8.76. The van der Waals surface area contributed by atoms with E-state index < -0.39 is 22.0 Å². The molecule has 0 aliphatic carbocycles. The number of ether oxygens (including phenoxy) is 1. The number of aryl methyl sites for hydroxylation is 1. The van der Waals surface area contributed by atoms with Crippen molar-refractivity contribution in [2.24, 2.45) is 0 Å². The zero-order valence-corrected chi connectivity index (χ0v) is 14.0. The molecule has 2 rings (SSSR count). The number of anilines is 1. The van der Waals surface area contributed by atoms with Gasteiger partial charge < -0.3 is 10.1 Å². The normalized spacial score (nSPS) is 10.9. The van der Waals surface area contributed by atoms with Crippen molar-refractivity contribution < 1.29 is 22.7 Å². The van der Waals surface area contributed by atoms with E-state index >= 15 is 0 Å². The maximum atomic E-state index is 12.1. The van der Waals surface area contributed by atoms with Gasteiger partial charge in [0.05, 0.1) is 17.7 Å². The molecule has 0 saturated heterocycles. The van der Waals surface area contributed by atoms with E-state index in [1.165, 1.54) is 25.3 Å². The lowest BCUT2D eigenvalue weighted by Gasteiger charge is -2.09. The Morgan fingerprint density at radius 3 is 2.39 bits per heavy atom. The van der Waals surface area contributed by atoms with Crippen LogP contribution in [-0.4, -0.2) is 27.5 Å². The van der Waals surface area contributed by atoms with Gasteiger partial charge in [-0.15, -0.1) is 11.3 Å². The highest BCUT2D eigenvalue weighted by atomic mass is 32.2. The van der Waals surface area contributed by atoms with Crippen LogP contribution >= 0.6 is 11.3 Å². The van der Waals surface area contributed by atoms with Crippen molar-refractivity contribution in [1.82, 2.24) is 4.72 Å². The minimum atomic E-state index is -3.99. The molecule has 2 N–H and O–H groups in total. The van der Waals surface area contributed by atoms with Crippen LogP contribution in [0.15, 0.2) is 40.6 Å². The van der Waals surface area contributed by atoms with Crippen molar-refractivity contribution in [3.63, 3.8) is 0 Å². The lowest BCUT2D eigenvalue weighted by Crippen LogP contribution is -2.34. The van der Waals surface area contributed by atoms with E-state index in [-0.39, 0.29) is 15.5 Å². The third-order valence-electron chi connectivity index (χ3n) is 2.84. The molecule has 2 aromatic rings. The summed E-state index contributed by atoms with van der Waals surface area (Å²) >= 11 is 1.07. The van der Waals surface area contributed by atoms with Gasteiger partial charge in [-0.1, -0.05) is 17.7 Å². The molecule has 1 heterocycles. The lowest BCUT2D eigenvalue weighted by molar-refractivity contribution is 0.0607. The molecule has 0 aliphatic rings. The first-order valence-electron chi connectivity index (χ1n) is 6.40. The SMILES string of the molecule is COC(=O)c1sccc1NC(=O)NS(=O)(=O)c1ccc(C)cc1. The van der Waals surface area contributed by atoms with Crippen molar-refractivity contribution in [3.05, 3.63) is 46.2 Å².